The molecule has 4 nitrogen and oxygen atoms in total. The number of rotatable bonds is 4. The second-order valence-corrected chi connectivity index (χ2v) is 3.89. The largest absolute Gasteiger partial charge is 0.325 e. The Balaban J connectivity index is 2.67. The Bertz CT molecular complexity index is 395. The van der Waals surface area contributed by atoms with Gasteiger partial charge in [0.25, 0.3) is 0 Å². The van der Waals surface area contributed by atoms with E-state index < -0.39 is 5.82 Å². The van der Waals surface area contributed by atoms with Gasteiger partial charge in [0.05, 0.1) is 5.02 Å². The molecule has 0 atom stereocenters. The molecule has 94 valence electrons. The predicted molar refractivity (Wildman–Crippen MR) is 69.6 cm³/mol. The van der Waals surface area contributed by atoms with E-state index in [1.807, 2.05) is 0 Å². The number of guanidine groups is 1. The Labute approximate surface area is 105 Å². The first-order valence-corrected chi connectivity index (χ1v) is 5.78. The van der Waals surface area contributed by atoms with Crippen LogP contribution in [0.4, 0.5) is 10.1 Å². The van der Waals surface area contributed by atoms with E-state index in [1.165, 1.54) is 12.1 Å². The quantitative estimate of drug-likeness (QED) is 0.256. The minimum absolute atomic E-state index is 0.0840. The maximum atomic E-state index is 13.2. The third-order valence-corrected chi connectivity index (χ3v) is 2.41. The van der Waals surface area contributed by atoms with Crippen molar-refractivity contribution in [2.45, 2.75) is 19.8 Å². The molecule has 17 heavy (non-hydrogen) atoms. The molecule has 6 heteroatoms. The predicted octanol–water partition coefficient (Wildman–Crippen LogP) is 2.51. The average molecular weight is 259 g/mol. The number of halogens is 2. The molecular weight excluding hydrogens is 243 g/mol. The lowest BCUT2D eigenvalue weighted by Crippen LogP contribution is -2.36. The molecule has 1 aromatic carbocycles. The van der Waals surface area contributed by atoms with Crippen molar-refractivity contribution in [3.8, 4) is 0 Å². The van der Waals surface area contributed by atoms with Crippen LogP contribution in [0.5, 0.6) is 0 Å². The van der Waals surface area contributed by atoms with Crippen LogP contribution in [0.25, 0.3) is 0 Å². The lowest BCUT2D eigenvalue weighted by molar-refractivity contribution is 0.629. The second kappa shape index (κ2) is 7.09. The van der Waals surface area contributed by atoms with Crippen LogP contribution in [0.3, 0.4) is 0 Å². The van der Waals surface area contributed by atoms with Gasteiger partial charge < -0.3 is 5.32 Å². The van der Waals surface area contributed by atoms with E-state index in [4.69, 9.17) is 17.4 Å². The fraction of sp³-hybridized carbons (Fsp3) is 0.364. The number of anilines is 1. The molecule has 0 saturated heterocycles. The van der Waals surface area contributed by atoms with Crippen molar-refractivity contribution in [1.82, 2.24) is 5.43 Å². The fourth-order valence-corrected chi connectivity index (χ4v) is 1.30. The number of hydrogen-bond donors (Lipinski definition) is 3. The van der Waals surface area contributed by atoms with Crippen molar-refractivity contribution >= 4 is 23.2 Å². The van der Waals surface area contributed by atoms with Gasteiger partial charge in [-0.2, -0.15) is 0 Å². The Kier molecular flexibility index (Phi) is 5.72. The number of hydrazine groups is 1. The molecule has 0 fully saturated rings. The molecule has 0 aliphatic carbocycles. The third kappa shape index (κ3) is 4.58. The normalized spacial score (nSPS) is 11.4. The van der Waals surface area contributed by atoms with Gasteiger partial charge in [0, 0.05) is 12.2 Å². The van der Waals surface area contributed by atoms with Gasteiger partial charge in [-0.15, -0.1) is 0 Å². The molecular formula is C11H16ClFN4. The van der Waals surface area contributed by atoms with Gasteiger partial charge in [-0.3, -0.25) is 10.4 Å². The van der Waals surface area contributed by atoms with Crippen LogP contribution in [0.2, 0.25) is 5.02 Å². The summed E-state index contributed by atoms with van der Waals surface area (Å²) >= 11 is 5.58. The molecule has 0 aliphatic heterocycles. The lowest BCUT2D eigenvalue weighted by atomic mass is 10.3. The van der Waals surface area contributed by atoms with Crippen LogP contribution in [-0.2, 0) is 0 Å². The van der Waals surface area contributed by atoms with E-state index in [2.05, 4.69) is 22.7 Å². The summed E-state index contributed by atoms with van der Waals surface area (Å²) in [4.78, 5) is 4.19. The van der Waals surface area contributed by atoms with Crippen LogP contribution < -0.4 is 16.6 Å². The first kappa shape index (κ1) is 13.7. The molecule has 0 aliphatic rings. The highest BCUT2D eigenvalue weighted by atomic mass is 35.5. The zero-order valence-corrected chi connectivity index (χ0v) is 10.4. The Hall–Kier alpha value is -1.33. The number of nitrogens with zero attached hydrogens (tertiary/aromatic N) is 1. The summed E-state index contributed by atoms with van der Waals surface area (Å²) in [5, 5.41) is 2.95. The van der Waals surface area contributed by atoms with Gasteiger partial charge in [0.15, 0.2) is 0 Å². The van der Waals surface area contributed by atoms with Crippen molar-refractivity contribution in [3.05, 3.63) is 29.0 Å². The van der Waals surface area contributed by atoms with E-state index in [1.54, 1.807) is 6.07 Å². The molecule has 0 amide bonds. The summed E-state index contributed by atoms with van der Waals surface area (Å²) in [6.45, 7) is 2.74. The van der Waals surface area contributed by atoms with E-state index >= 15 is 0 Å². The molecule has 0 unspecified atom stereocenters. The zero-order chi connectivity index (χ0) is 12.7. The zero-order valence-electron chi connectivity index (χ0n) is 9.63. The van der Waals surface area contributed by atoms with E-state index in [0.29, 0.717) is 18.2 Å². The number of unbranched alkanes of at least 4 members (excludes halogenated alkanes) is 1. The molecule has 0 radical (unpaired) electrons. The highest BCUT2D eigenvalue weighted by Crippen LogP contribution is 2.18. The molecule has 0 bridgehead atoms. The standard InChI is InChI=1S/C11H16ClFN4/c1-2-3-6-15-11(17-14)16-8-4-5-9(12)10(13)7-8/h4-5,7H,2-3,6,14H2,1H3,(H2,15,16,17). The third-order valence-electron chi connectivity index (χ3n) is 2.10. The van der Waals surface area contributed by atoms with Crippen LogP contribution in [0, 0.1) is 5.82 Å². The molecule has 0 saturated carbocycles. The summed E-state index contributed by atoms with van der Waals surface area (Å²) < 4.78 is 13.2. The maximum Gasteiger partial charge on any atom is 0.210 e. The number of hydrogen-bond acceptors (Lipinski definition) is 2. The van der Waals surface area contributed by atoms with Crippen LogP contribution in [0.1, 0.15) is 19.8 Å². The number of benzene rings is 1. The minimum atomic E-state index is -0.485. The number of nitrogens with two attached hydrogens (primary N) is 1. The summed E-state index contributed by atoms with van der Waals surface area (Å²) in [6, 6.07) is 4.41. The van der Waals surface area contributed by atoms with Gasteiger partial charge in [0.2, 0.25) is 5.96 Å². The van der Waals surface area contributed by atoms with Crippen molar-refractivity contribution in [3.63, 3.8) is 0 Å². The van der Waals surface area contributed by atoms with Crippen LogP contribution in [-0.4, -0.2) is 12.5 Å². The lowest BCUT2D eigenvalue weighted by Gasteiger charge is -2.09. The van der Waals surface area contributed by atoms with Crippen molar-refractivity contribution in [2.24, 2.45) is 10.8 Å². The molecule has 0 spiro atoms. The first-order valence-electron chi connectivity index (χ1n) is 5.40. The van der Waals surface area contributed by atoms with Crippen LogP contribution >= 0.6 is 11.6 Å². The molecule has 1 aromatic rings. The minimum Gasteiger partial charge on any atom is -0.325 e. The van der Waals surface area contributed by atoms with E-state index in [-0.39, 0.29) is 5.02 Å². The maximum absolute atomic E-state index is 13.2. The molecule has 0 aromatic heterocycles. The molecule has 0 heterocycles. The average Bonchev–Trinajstić information content (AvgIpc) is 2.32. The monoisotopic (exact) mass is 258 g/mol. The van der Waals surface area contributed by atoms with Gasteiger partial charge in [0.1, 0.15) is 5.82 Å². The number of nitrogens with one attached hydrogen (secondary N) is 2. The van der Waals surface area contributed by atoms with Gasteiger partial charge in [-0.25, -0.2) is 10.2 Å². The fourth-order valence-electron chi connectivity index (χ4n) is 1.18. The molecule has 1 rings (SSSR count). The van der Waals surface area contributed by atoms with E-state index in [9.17, 15) is 4.39 Å². The van der Waals surface area contributed by atoms with Gasteiger partial charge >= 0.3 is 0 Å². The number of aliphatic imine (C=N–C) groups is 1. The SMILES string of the molecule is CCCCN=C(NN)Nc1ccc(Cl)c(F)c1. The Morgan fingerprint density at radius 3 is 2.88 bits per heavy atom. The van der Waals surface area contributed by atoms with Crippen molar-refractivity contribution in [1.29, 1.82) is 0 Å². The van der Waals surface area contributed by atoms with Crippen molar-refractivity contribution < 1.29 is 4.39 Å². The Morgan fingerprint density at radius 1 is 1.53 bits per heavy atom. The Morgan fingerprint density at radius 2 is 2.29 bits per heavy atom. The van der Waals surface area contributed by atoms with Gasteiger partial charge in [-0.1, -0.05) is 24.9 Å². The van der Waals surface area contributed by atoms with Crippen molar-refractivity contribution in [2.75, 3.05) is 11.9 Å². The summed E-state index contributed by atoms with van der Waals surface area (Å²) in [5.74, 6) is 5.23. The van der Waals surface area contributed by atoms with Gasteiger partial charge in [-0.05, 0) is 24.6 Å². The summed E-state index contributed by atoms with van der Waals surface area (Å²) in [6.07, 6.45) is 2.03. The molecule has 4 N–H and O–H groups in total. The van der Waals surface area contributed by atoms with Crippen LogP contribution in [0.15, 0.2) is 23.2 Å². The summed E-state index contributed by atoms with van der Waals surface area (Å²) in [7, 11) is 0. The smallest absolute Gasteiger partial charge is 0.210 e. The first-order chi connectivity index (χ1) is 8.17. The van der Waals surface area contributed by atoms with E-state index in [0.717, 1.165) is 12.8 Å². The topological polar surface area (TPSA) is 62.4 Å². The highest BCUT2D eigenvalue weighted by molar-refractivity contribution is 6.30. The highest BCUT2D eigenvalue weighted by Gasteiger charge is 2.02. The summed E-state index contributed by atoms with van der Waals surface area (Å²) in [5.41, 5.74) is 2.97. The second-order valence-electron chi connectivity index (χ2n) is 3.48.